The molecule has 0 aromatic carbocycles. The van der Waals surface area contributed by atoms with Crippen molar-refractivity contribution in [3.8, 4) is 0 Å². The van der Waals surface area contributed by atoms with E-state index in [4.69, 9.17) is 4.74 Å². The van der Waals surface area contributed by atoms with Gasteiger partial charge in [-0.05, 0) is 48.8 Å². The van der Waals surface area contributed by atoms with Crippen LogP contribution in [0.3, 0.4) is 0 Å². The average Bonchev–Trinajstić information content (AvgIpc) is 2.26. The summed E-state index contributed by atoms with van der Waals surface area (Å²) in [4.78, 5) is 0. The smallest absolute Gasteiger partial charge is 0.109 e. The Morgan fingerprint density at radius 1 is 1.50 bits per heavy atom. The molecule has 78 valence electrons. The van der Waals surface area contributed by atoms with Crippen molar-refractivity contribution in [2.75, 3.05) is 6.61 Å². The monoisotopic (exact) mass is 192 g/mol. The van der Waals surface area contributed by atoms with Gasteiger partial charge in [0.25, 0.3) is 0 Å². The molecule has 0 N–H and O–H groups in total. The second kappa shape index (κ2) is 4.68. The van der Waals surface area contributed by atoms with Gasteiger partial charge in [-0.3, -0.25) is 0 Å². The van der Waals surface area contributed by atoms with Gasteiger partial charge in [0.2, 0.25) is 0 Å². The van der Waals surface area contributed by atoms with E-state index < -0.39 is 0 Å². The molecule has 1 nitrogen and oxygen atoms in total. The number of ether oxygens (including phenoxy) is 1. The summed E-state index contributed by atoms with van der Waals surface area (Å²) in [6.07, 6.45) is 12.2. The summed E-state index contributed by atoms with van der Waals surface area (Å²) >= 11 is 0. The Hall–Kier alpha value is -0.720. The maximum absolute atomic E-state index is 5.35. The van der Waals surface area contributed by atoms with Crippen molar-refractivity contribution in [3.63, 3.8) is 0 Å². The van der Waals surface area contributed by atoms with Gasteiger partial charge in [-0.25, -0.2) is 0 Å². The van der Waals surface area contributed by atoms with Gasteiger partial charge in [0.15, 0.2) is 0 Å². The maximum Gasteiger partial charge on any atom is 0.109 e. The zero-order chi connectivity index (χ0) is 9.80. The molecule has 1 unspecified atom stereocenters. The molecule has 0 aromatic rings. The number of hydrogen-bond acceptors (Lipinski definition) is 1. The van der Waals surface area contributed by atoms with Crippen LogP contribution in [-0.4, -0.2) is 6.61 Å². The van der Waals surface area contributed by atoms with Crippen LogP contribution >= 0.6 is 0 Å². The molecule has 2 aliphatic rings. The van der Waals surface area contributed by atoms with E-state index >= 15 is 0 Å². The first kappa shape index (κ1) is 9.82. The molecule has 1 heteroatoms. The molecule has 0 bridgehead atoms. The van der Waals surface area contributed by atoms with Gasteiger partial charge in [0, 0.05) is 0 Å². The first-order chi connectivity index (χ1) is 6.92. The highest BCUT2D eigenvalue weighted by Gasteiger charge is 2.22. The van der Waals surface area contributed by atoms with E-state index in [0.29, 0.717) is 0 Å². The Balaban J connectivity index is 2.05. The number of hydrogen-bond donors (Lipinski definition) is 0. The number of unbranched alkanes of at least 4 members (excludes halogenated alkanes) is 1. The van der Waals surface area contributed by atoms with E-state index in [1.165, 1.54) is 38.5 Å². The second-order valence-corrected chi connectivity index (χ2v) is 4.40. The lowest BCUT2D eigenvalue weighted by Crippen LogP contribution is -2.16. The van der Waals surface area contributed by atoms with Crippen LogP contribution in [0.5, 0.6) is 0 Å². The minimum Gasteiger partial charge on any atom is -0.497 e. The first-order valence-electron chi connectivity index (χ1n) is 5.92. The fourth-order valence-electron chi connectivity index (χ4n) is 2.58. The third-order valence-electron chi connectivity index (χ3n) is 3.39. The molecule has 1 atom stereocenters. The van der Waals surface area contributed by atoms with Gasteiger partial charge >= 0.3 is 0 Å². The molecule has 0 spiro atoms. The molecular weight excluding hydrogens is 172 g/mol. The molecule has 1 aliphatic carbocycles. The Morgan fingerprint density at radius 2 is 2.43 bits per heavy atom. The Kier molecular flexibility index (Phi) is 3.28. The largest absolute Gasteiger partial charge is 0.497 e. The van der Waals surface area contributed by atoms with Crippen molar-refractivity contribution >= 4 is 0 Å². The maximum atomic E-state index is 5.35. The summed E-state index contributed by atoms with van der Waals surface area (Å²) in [7, 11) is 0. The lowest BCUT2D eigenvalue weighted by atomic mass is 9.80. The van der Waals surface area contributed by atoms with E-state index in [9.17, 15) is 0 Å². The van der Waals surface area contributed by atoms with Gasteiger partial charge in [-0.1, -0.05) is 19.8 Å². The van der Waals surface area contributed by atoms with E-state index in [2.05, 4.69) is 13.0 Å². The fraction of sp³-hybridized carbons (Fsp3) is 0.692. The van der Waals surface area contributed by atoms with Crippen molar-refractivity contribution in [1.82, 2.24) is 0 Å². The SMILES string of the molecule is CCCCC1CCCC2=C1C=COC2. The fourth-order valence-corrected chi connectivity index (χ4v) is 2.58. The predicted octanol–water partition coefficient (Wildman–Crippen LogP) is 3.82. The summed E-state index contributed by atoms with van der Waals surface area (Å²) in [5, 5.41) is 0. The summed E-state index contributed by atoms with van der Waals surface area (Å²) in [5.41, 5.74) is 3.18. The lowest BCUT2D eigenvalue weighted by molar-refractivity contribution is 0.259. The van der Waals surface area contributed by atoms with Crippen molar-refractivity contribution in [1.29, 1.82) is 0 Å². The first-order valence-corrected chi connectivity index (χ1v) is 5.92. The van der Waals surface area contributed by atoms with Crippen molar-refractivity contribution in [2.24, 2.45) is 5.92 Å². The molecule has 0 aromatic heterocycles. The highest BCUT2D eigenvalue weighted by atomic mass is 16.5. The summed E-state index contributed by atoms with van der Waals surface area (Å²) in [6.45, 7) is 3.13. The average molecular weight is 192 g/mol. The van der Waals surface area contributed by atoms with Crippen LogP contribution in [0.1, 0.15) is 45.4 Å². The van der Waals surface area contributed by atoms with Crippen LogP contribution < -0.4 is 0 Å². The van der Waals surface area contributed by atoms with Crippen LogP contribution in [0, 0.1) is 5.92 Å². The predicted molar refractivity (Wildman–Crippen MR) is 59.0 cm³/mol. The topological polar surface area (TPSA) is 9.23 Å². The third kappa shape index (κ3) is 2.02. The standard InChI is InChI=1S/C13H20O/c1-2-3-5-11-6-4-7-12-10-14-9-8-13(11)12/h8-9,11H,2-7,10H2,1H3. The highest BCUT2D eigenvalue weighted by molar-refractivity contribution is 5.32. The molecule has 2 rings (SSSR count). The summed E-state index contributed by atoms with van der Waals surface area (Å²) in [6, 6.07) is 0. The minimum atomic E-state index is 0.832. The molecule has 0 fully saturated rings. The Bertz CT molecular complexity index is 250. The van der Waals surface area contributed by atoms with Crippen LogP contribution in [-0.2, 0) is 4.74 Å². The van der Waals surface area contributed by atoms with Crippen molar-refractivity contribution in [2.45, 2.75) is 45.4 Å². The van der Waals surface area contributed by atoms with Crippen molar-refractivity contribution < 1.29 is 4.74 Å². The van der Waals surface area contributed by atoms with E-state index in [0.717, 1.165) is 12.5 Å². The molecule has 14 heavy (non-hydrogen) atoms. The highest BCUT2D eigenvalue weighted by Crippen LogP contribution is 2.35. The van der Waals surface area contributed by atoms with E-state index in [1.807, 2.05) is 6.26 Å². The van der Waals surface area contributed by atoms with Gasteiger partial charge in [-0.15, -0.1) is 0 Å². The third-order valence-corrected chi connectivity index (χ3v) is 3.39. The van der Waals surface area contributed by atoms with Crippen molar-refractivity contribution in [3.05, 3.63) is 23.5 Å². The quantitative estimate of drug-likeness (QED) is 0.660. The Morgan fingerprint density at radius 3 is 3.29 bits per heavy atom. The number of allylic oxidation sites excluding steroid dienone is 2. The van der Waals surface area contributed by atoms with Crippen LogP contribution in [0.2, 0.25) is 0 Å². The molecule has 0 saturated heterocycles. The normalized spacial score (nSPS) is 25.9. The summed E-state index contributed by atoms with van der Waals surface area (Å²) < 4.78 is 5.35. The zero-order valence-electron chi connectivity index (χ0n) is 9.09. The lowest BCUT2D eigenvalue weighted by Gasteiger charge is -2.29. The molecule has 0 amide bonds. The molecule has 1 aliphatic heterocycles. The van der Waals surface area contributed by atoms with Crippen LogP contribution in [0.4, 0.5) is 0 Å². The molecule has 0 radical (unpaired) electrons. The Labute approximate surface area is 86.8 Å². The van der Waals surface area contributed by atoms with Gasteiger partial charge in [0.05, 0.1) is 6.26 Å². The van der Waals surface area contributed by atoms with Crippen LogP contribution in [0.15, 0.2) is 23.5 Å². The van der Waals surface area contributed by atoms with Crippen LogP contribution in [0.25, 0.3) is 0 Å². The van der Waals surface area contributed by atoms with E-state index in [-0.39, 0.29) is 0 Å². The summed E-state index contributed by atoms with van der Waals surface area (Å²) in [5.74, 6) is 0.832. The van der Waals surface area contributed by atoms with Gasteiger partial charge in [-0.2, -0.15) is 0 Å². The van der Waals surface area contributed by atoms with Gasteiger partial charge < -0.3 is 4.74 Å². The number of rotatable bonds is 3. The van der Waals surface area contributed by atoms with E-state index in [1.54, 1.807) is 11.1 Å². The minimum absolute atomic E-state index is 0.832. The second-order valence-electron chi connectivity index (χ2n) is 4.40. The molecule has 1 heterocycles. The van der Waals surface area contributed by atoms with Gasteiger partial charge in [0.1, 0.15) is 6.61 Å². The molecular formula is C13H20O. The molecule has 0 saturated carbocycles. The zero-order valence-corrected chi connectivity index (χ0v) is 9.09.